The highest BCUT2D eigenvalue weighted by atomic mass is 32.2. The van der Waals surface area contributed by atoms with E-state index in [0.717, 1.165) is 18.7 Å². The zero-order valence-electron chi connectivity index (χ0n) is 15.2. The van der Waals surface area contributed by atoms with Crippen LogP contribution in [0.5, 0.6) is 0 Å². The van der Waals surface area contributed by atoms with Crippen LogP contribution in [0, 0.1) is 6.92 Å². The Morgan fingerprint density at radius 2 is 1.70 bits per heavy atom. The highest BCUT2D eigenvalue weighted by Crippen LogP contribution is 2.24. The summed E-state index contributed by atoms with van der Waals surface area (Å²) in [6, 6.07) is 6.67. The van der Waals surface area contributed by atoms with Crippen molar-refractivity contribution in [3.8, 4) is 0 Å². The van der Waals surface area contributed by atoms with Crippen molar-refractivity contribution in [3.63, 3.8) is 0 Å². The van der Waals surface area contributed by atoms with Gasteiger partial charge in [0.1, 0.15) is 0 Å². The largest absolute Gasteiger partial charge is 0.366 e. The van der Waals surface area contributed by atoms with Crippen LogP contribution in [0.25, 0.3) is 0 Å². The molecule has 2 N–H and O–H groups in total. The minimum Gasteiger partial charge on any atom is -0.366 e. The number of thiocarbonyl (C=S) groups is 1. The second kappa shape index (κ2) is 8.05. The quantitative estimate of drug-likeness (QED) is 0.733. The number of aromatic nitrogens is 2. The molecule has 10 heteroatoms. The van der Waals surface area contributed by atoms with Crippen LogP contribution in [0.4, 0.5) is 11.6 Å². The smallest absolute Gasteiger partial charge is 0.263 e. The number of sulfonamides is 1. The number of rotatable bonds is 4. The van der Waals surface area contributed by atoms with E-state index in [9.17, 15) is 8.42 Å². The van der Waals surface area contributed by atoms with Crippen molar-refractivity contribution in [2.45, 2.75) is 11.8 Å². The first-order valence-electron chi connectivity index (χ1n) is 8.53. The average Bonchev–Trinajstić information content (AvgIpc) is 2.68. The maximum absolute atomic E-state index is 12.7. The van der Waals surface area contributed by atoms with Gasteiger partial charge in [-0.05, 0) is 31.3 Å². The molecule has 0 amide bonds. The lowest BCUT2D eigenvalue weighted by Gasteiger charge is -2.36. The molecule has 2 heterocycles. The molecule has 3 rings (SSSR count). The molecule has 144 valence electrons. The minimum absolute atomic E-state index is 0.189. The number of hydrogen-bond donors (Lipinski definition) is 2. The summed E-state index contributed by atoms with van der Waals surface area (Å²) in [6.07, 6.45) is 3.03. The maximum atomic E-state index is 12.7. The van der Waals surface area contributed by atoms with E-state index in [1.54, 1.807) is 37.5 Å². The van der Waals surface area contributed by atoms with Crippen LogP contribution in [0.15, 0.2) is 41.6 Å². The number of nitrogens with zero attached hydrogens (tertiary/aromatic N) is 4. The second-order valence-corrected chi connectivity index (χ2v) is 8.25. The van der Waals surface area contributed by atoms with Crippen molar-refractivity contribution in [2.75, 3.05) is 42.8 Å². The maximum Gasteiger partial charge on any atom is 0.263 e. The van der Waals surface area contributed by atoms with Crippen molar-refractivity contribution < 1.29 is 8.42 Å². The Morgan fingerprint density at radius 3 is 2.33 bits per heavy atom. The fourth-order valence-corrected chi connectivity index (χ4v) is 4.01. The standard InChI is InChI=1S/C17H22N6O2S2/c1-13-3-5-14(6-4-13)27(24,25)21-15-16(20-8-7-19-15)22-9-11-23(12-10-22)17(26)18-2/h3-8H,9-12H2,1-2H3,(H,18,26)(H,19,21). The summed E-state index contributed by atoms with van der Waals surface area (Å²) in [6.45, 7) is 4.68. The molecular formula is C17H22N6O2S2. The number of benzene rings is 1. The fraction of sp³-hybridized carbons (Fsp3) is 0.353. The molecule has 1 aliphatic heterocycles. The van der Waals surface area contributed by atoms with E-state index < -0.39 is 10.0 Å². The van der Waals surface area contributed by atoms with E-state index in [-0.39, 0.29) is 10.7 Å². The normalized spacial score (nSPS) is 14.7. The van der Waals surface area contributed by atoms with Gasteiger partial charge >= 0.3 is 0 Å². The van der Waals surface area contributed by atoms with Gasteiger partial charge in [-0.3, -0.25) is 4.72 Å². The molecule has 8 nitrogen and oxygen atoms in total. The summed E-state index contributed by atoms with van der Waals surface area (Å²) in [5, 5.41) is 3.68. The van der Waals surface area contributed by atoms with Gasteiger partial charge in [0.2, 0.25) is 0 Å². The predicted molar refractivity (Wildman–Crippen MR) is 109 cm³/mol. The lowest BCUT2D eigenvalue weighted by Crippen LogP contribution is -2.51. The van der Waals surface area contributed by atoms with Gasteiger partial charge < -0.3 is 15.1 Å². The zero-order valence-corrected chi connectivity index (χ0v) is 16.8. The monoisotopic (exact) mass is 406 g/mol. The Hall–Kier alpha value is -2.46. The first-order chi connectivity index (χ1) is 12.9. The molecule has 1 aliphatic rings. The number of hydrogen-bond acceptors (Lipinski definition) is 6. The van der Waals surface area contributed by atoms with Gasteiger partial charge in [0, 0.05) is 45.6 Å². The first-order valence-corrected chi connectivity index (χ1v) is 10.4. The molecule has 0 aliphatic carbocycles. The van der Waals surface area contributed by atoms with Crippen LogP contribution in [0.1, 0.15) is 5.56 Å². The number of piperazine rings is 1. The number of nitrogens with one attached hydrogen (secondary N) is 2. The van der Waals surface area contributed by atoms with Gasteiger partial charge in [-0.25, -0.2) is 18.4 Å². The Kier molecular flexibility index (Phi) is 5.76. The van der Waals surface area contributed by atoms with Gasteiger partial charge in [-0.1, -0.05) is 17.7 Å². The number of aryl methyl sites for hydroxylation is 1. The van der Waals surface area contributed by atoms with Crippen LogP contribution in [-0.2, 0) is 10.0 Å². The molecular weight excluding hydrogens is 384 g/mol. The molecule has 1 saturated heterocycles. The molecule has 0 unspecified atom stereocenters. The third kappa shape index (κ3) is 4.45. The van der Waals surface area contributed by atoms with E-state index in [1.807, 2.05) is 11.8 Å². The van der Waals surface area contributed by atoms with Crippen LogP contribution in [0.2, 0.25) is 0 Å². The van der Waals surface area contributed by atoms with E-state index >= 15 is 0 Å². The highest BCUT2D eigenvalue weighted by Gasteiger charge is 2.24. The van der Waals surface area contributed by atoms with Crippen molar-refractivity contribution in [2.24, 2.45) is 0 Å². The lowest BCUT2D eigenvalue weighted by atomic mass is 10.2. The van der Waals surface area contributed by atoms with Crippen molar-refractivity contribution in [3.05, 3.63) is 42.2 Å². The van der Waals surface area contributed by atoms with E-state index in [0.29, 0.717) is 24.0 Å². The summed E-state index contributed by atoms with van der Waals surface area (Å²) in [4.78, 5) is 12.8. The highest BCUT2D eigenvalue weighted by molar-refractivity contribution is 7.92. The third-order valence-electron chi connectivity index (χ3n) is 4.32. The predicted octanol–water partition coefficient (Wildman–Crippen LogP) is 1.21. The molecule has 2 aromatic rings. The molecule has 0 spiro atoms. The Labute approximate surface area is 164 Å². The van der Waals surface area contributed by atoms with Gasteiger partial charge in [0.05, 0.1) is 4.90 Å². The SMILES string of the molecule is CNC(=S)N1CCN(c2nccnc2NS(=O)(=O)c2ccc(C)cc2)CC1. The number of anilines is 2. The third-order valence-corrected chi connectivity index (χ3v) is 6.14. The zero-order chi connectivity index (χ0) is 19.4. The lowest BCUT2D eigenvalue weighted by molar-refractivity contribution is 0.381. The Balaban J connectivity index is 1.79. The molecule has 0 bridgehead atoms. The molecule has 27 heavy (non-hydrogen) atoms. The van der Waals surface area contributed by atoms with Crippen molar-refractivity contribution >= 4 is 39.0 Å². The van der Waals surface area contributed by atoms with Crippen molar-refractivity contribution in [1.82, 2.24) is 20.2 Å². The van der Waals surface area contributed by atoms with E-state index in [4.69, 9.17) is 12.2 Å². The fourth-order valence-electron chi connectivity index (χ4n) is 2.82. The van der Waals surface area contributed by atoms with Crippen LogP contribution >= 0.6 is 12.2 Å². The van der Waals surface area contributed by atoms with Gasteiger partial charge in [-0.2, -0.15) is 0 Å². The molecule has 0 atom stereocenters. The molecule has 0 radical (unpaired) electrons. The molecule has 1 aromatic carbocycles. The van der Waals surface area contributed by atoms with Gasteiger partial charge in [-0.15, -0.1) is 0 Å². The molecule has 0 saturated carbocycles. The molecule has 1 fully saturated rings. The van der Waals surface area contributed by atoms with E-state index in [1.165, 1.54) is 6.20 Å². The Bertz CT molecular complexity index is 909. The second-order valence-electron chi connectivity index (χ2n) is 6.18. The summed E-state index contributed by atoms with van der Waals surface area (Å²) >= 11 is 5.27. The van der Waals surface area contributed by atoms with Gasteiger partial charge in [0.15, 0.2) is 16.7 Å². The topological polar surface area (TPSA) is 90.5 Å². The Morgan fingerprint density at radius 1 is 1.07 bits per heavy atom. The minimum atomic E-state index is -3.74. The molecule has 1 aromatic heterocycles. The summed E-state index contributed by atoms with van der Waals surface area (Å²) in [5.41, 5.74) is 0.992. The summed E-state index contributed by atoms with van der Waals surface area (Å²) in [5.74, 6) is 0.742. The van der Waals surface area contributed by atoms with Gasteiger partial charge in [0.25, 0.3) is 10.0 Å². The van der Waals surface area contributed by atoms with Crippen LogP contribution in [0.3, 0.4) is 0 Å². The average molecular weight is 407 g/mol. The summed E-state index contributed by atoms with van der Waals surface area (Å²) in [7, 11) is -1.94. The van der Waals surface area contributed by atoms with E-state index in [2.05, 4.69) is 24.9 Å². The first kappa shape index (κ1) is 19.3. The summed E-state index contributed by atoms with van der Waals surface area (Å²) < 4.78 is 28.0. The van der Waals surface area contributed by atoms with Crippen LogP contribution in [-0.4, -0.2) is 61.6 Å². The van der Waals surface area contributed by atoms with Crippen LogP contribution < -0.4 is 14.9 Å². The van der Waals surface area contributed by atoms with Crippen molar-refractivity contribution in [1.29, 1.82) is 0 Å².